The Hall–Kier alpha value is -2.46. The molecule has 0 saturated carbocycles. The summed E-state index contributed by atoms with van der Waals surface area (Å²) in [5, 5.41) is 0.751. The Kier molecular flexibility index (Phi) is 4.13. The van der Waals surface area contributed by atoms with Crippen LogP contribution in [0.2, 0.25) is 0 Å². The van der Waals surface area contributed by atoms with Gasteiger partial charge >= 0.3 is 0 Å². The molecule has 1 aliphatic heterocycles. The number of hydrogen-bond acceptors (Lipinski definition) is 3. The molecule has 1 saturated heterocycles. The van der Waals surface area contributed by atoms with Crippen LogP contribution in [0.15, 0.2) is 59.5 Å². The van der Waals surface area contributed by atoms with E-state index in [2.05, 4.69) is 20.9 Å². The topological polar surface area (TPSA) is 49.0 Å². The summed E-state index contributed by atoms with van der Waals surface area (Å²) >= 11 is 0. The minimum absolute atomic E-state index is 0.0887. The molecule has 2 aromatic heterocycles. The highest BCUT2D eigenvalue weighted by Gasteiger charge is 2.25. The number of benzene rings is 1. The summed E-state index contributed by atoms with van der Waals surface area (Å²) in [5.74, 6) is 0. The van der Waals surface area contributed by atoms with E-state index >= 15 is 0 Å². The van der Waals surface area contributed by atoms with Crippen LogP contribution in [0.1, 0.15) is 36.7 Å². The van der Waals surface area contributed by atoms with E-state index in [0.717, 1.165) is 41.8 Å². The van der Waals surface area contributed by atoms with Gasteiger partial charge in [-0.05, 0) is 43.7 Å². The smallest absolute Gasteiger partial charge is 0.189 e. The first-order chi connectivity index (χ1) is 11.8. The normalized spacial score (nSPS) is 18.8. The zero-order chi connectivity index (χ0) is 16.4. The monoisotopic (exact) mass is 319 g/mol. The van der Waals surface area contributed by atoms with E-state index in [-0.39, 0.29) is 5.43 Å². The fourth-order valence-corrected chi connectivity index (χ4v) is 3.64. The lowest BCUT2D eigenvalue weighted by Crippen LogP contribution is -2.34. The molecule has 122 valence electrons. The molecule has 0 unspecified atom stereocenters. The molecule has 4 rings (SSSR count). The third kappa shape index (κ3) is 2.97. The first-order valence-corrected chi connectivity index (χ1v) is 8.57. The summed E-state index contributed by atoms with van der Waals surface area (Å²) in [5.41, 5.74) is 3.10. The first-order valence-electron chi connectivity index (χ1n) is 8.57. The number of nitrogens with zero attached hydrogens (tertiary/aromatic N) is 2. The van der Waals surface area contributed by atoms with Gasteiger partial charge in [0.05, 0.1) is 11.7 Å². The standard InChI is InChI=1S/C20H21N3O/c24-20-13-15(22-17-8-2-1-7-16(17)20)14-23-12-6-4-10-19(23)18-9-3-5-11-21-18/h1-3,5,7-9,11,13,19H,4,6,10,12,14H2,(H,22,24)/t19-/m1/s1. The van der Waals surface area contributed by atoms with Crippen LogP contribution in [0, 0.1) is 0 Å². The number of fused-ring (bicyclic) bond motifs is 1. The number of H-pyrrole nitrogens is 1. The zero-order valence-electron chi connectivity index (χ0n) is 13.6. The molecule has 0 radical (unpaired) electrons. The molecule has 0 bridgehead atoms. The van der Waals surface area contributed by atoms with Crippen LogP contribution in [0.3, 0.4) is 0 Å². The van der Waals surface area contributed by atoms with E-state index in [1.54, 1.807) is 6.07 Å². The van der Waals surface area contributed by atoms with Crippen molar-refractivity contribution in [1.29, 1.82) is 0 Å². The van der Waals surface area contributed by atoms with Crippen molar-refractivity contribution < 1.29 is 0 Å². The molecule has 1 N–H and O–H groups in total. The molecule has 1 atom stereocenters. The molecular weight excluding hydrogens is 298 g/mol. The molecule has 1 aliphatic rings. The number of aromatic amines is 1. The lowest BCUT2D eigenvalue weighted by molar-refractivity contribution is 0.135. The van der Waals surface area contributed by atoms with Crippen LogP contribution >= 0.6 is 0 Å². The number of piperidine rings is 1. The first kappa shape index (κ1) is 15.1. The number of pyridine rings is 2. The zero-order valence-corrected chi connectivity index (χ0v) is 13.6. The second kappa shape index (κ2) is 6.57. The molecule has 0 aliphatic carbocycles. The van der Waals surface area contributed by atoms with Gasteiger partial charge in [0.2, 0.25) is 0 Å². The van der Waals surface area contributed by atoms with Crippen molar-refractivity contribution in [2.45, 2.75) is 31.8 Å². The number of likely N-dealkylation sites (tertiary alicyclic amines) is 1. The van der Waals surface area contributed by atoms with Crippen molar-refractivity contribution in [1.82, 2.24) is 14.9 Å². The minimum Gasteiger partial charge on any atom is -0.357 e. The Labute approximate surface area is 141 Å². The molecule has 1 aromatic carbocycles. The van der Waals surface area contributed by atoms with Crippen LogP contribution in [-0.2, 0) is 6.54 Å². The number of nitrogens with one attached hydrogen (secondary N) is 1. The second-order valence-corrected chi connectivity index (χ2v) is 6.44. The molecule has 4 nitrogen and oxygen atoms in total. The van der Waals surface area contributed by atoms with Gasteiger partial charge in [-0.2, -0.15) is 0 Å². The highest BCUT2D eigenvalue weighted by Crippen LogP contribution is 2.30. The van der Waals surface area contributed by atoms with Crippen molar-refractivity contribution in [3.05, 3.63) is 76.3 Å². The highest BCUT2D eigenvalue weighted by atomic mass is 16.1. The summed E-state index contributed by atoms with van der Waals surface area (Å²) in [4.78, 5) is 22.8. The van der Waals surface area contributed by atoms with Crippen molar-refractivity contribution in [3.8, 4) is 0 Å². The Morgan fingerprint density at radius 3 is 2.88 bits per heavy atom. The molecule has 3 heterocycles. The predicted molar refractivity (Wildman–Crippen MR) is 95.8 cm³/mol. The molecule has 24 heavy (non-hydrogen) atoms. The predicted octanol–water partition coefficient (Wildman–Crippen LogP) is 3.65. The Morgan fingerprint density at radius 2 is 2.00 bits per heavy atom. The Bertz CT molecular complexity index is 888. The van der Waals surface area contributed by atoms with Gasteiger partial charge in [0.15, 0.2) is 5.43 Å². The van der Waals surface area contributed by atoms with Gasteiger partial charge in [0, 0.05) is 35.4 Å². The maximum atomic E-state index is 12.3. The Balaban J connectivity index is 1.64. The van der Waals surface area contributed by atoms with E-state index in [9.17, 15) is 4.79 Å². The number of para-hydroxylation sites is 1. The summed E-state index contributed by atoms with van der Waals surface area (Å²) in [6, 6.07) is 15.9. The average molecular weight is 319 g/mol. The molecule has 0 amide bonds. The third-order valence-corrected chi connectivity index (χ3v) is 4.81. The quantitative estimate of drug-likeness (QED) is 0.801. The fraction of sp³-hybridized carbons (Fsp3) is 0.300. The molecule has 1 fully saturated rings. The fourth-order valence-electron chi connectivity index (χ4n) is 3.64. The summed E-state index contributed by atoms with van der Waals surface area (Å²) in [7, 11) is 0. The van der Waals surface area contributed by atoms with Crippen LogP contribution in [0.4, 0.5) is 0 Å². The maximum absolute atomic E-state index is 12.3. The van der Waals surface area contributed by atoms with Gasteiger partial charge < -0.3 is 4.98 Å². The molecule has 0 spiro atoms. The van der Waals surface area contributed by atoms with E-state index < -0.39 is 0 Å². The molecule has 3 aromatic rings. The number of hydrogen-bond donors (Lipinski definition) is 1. The van der Waals surface area contributed by atoms with Crippen LogP contribution in [0.5, 0.6) is 0 Å². The third-order valence-electron chi connectivity index (χ3n) is 4.81. The van der Waals surface area contributed by atoms with Crippen LogP contribution in [0.25, 0.3) is 10.9 Å². The van der Waals surface area contributed by atoms with Gasteiger partial charge in [-0.3, -0.25) is 14.7 Å². The van der Waals surface area contributed by atoms with Gasteiger partial charge in [-0.1, -0.05) is 24.6 Å². The molecule has 4 heteroatoms. The van der Waals surface area contributed by atoms with Gasteiger partial charge in [0.1, 0.15) is 0 Å². The van der Waals surface area contributed by atoms with Crippen molar-refractivity contribution in [3.63, 3.8) is 0 Å². The summed E-state index contributed by atoms with van der Waals surface area (Å²) < 4.78 is 0. The van der Waals surface area contributed by atoms with Crippen LogP contribution < -0.4 is 5.43 Å². The number of aromatic nitrogens is 2. The lowest BCUT2D eigenvalue weighted by Gasteiger charge is -2.35. The van der Waals surface area contributed by atoms with E-state index in [1.165, 1.54) is 12.8 Å². The van der Waals surface area contributed by atoms with Crippen molar-refractivity contribution in [2.75, 3.05) is 6.54 Å². The average Bonchev–Trinajstić information content (AvgIpc) is 2.63. The van der Waals surface area contributed by atoms with Gasteiger partial charge in [-0.15, -0.1) is 0 Å². The SMILES string of the molecule is O=c1cc(CN2CCCC[C@@H]2c2ccccn2)[nH]c2ccccc12. The Morgan fingerprint density at radius 1 is 1.12 bits per heavy atom. The number of rotatable bonds is 3. The van der Waals surface area contributed by atoms with E-state index in [0.29, 0.717) is 6.04 Å². The molecular formula is C20H21N3O. The van der Waals surface area contributed by atoms with Crippen LogP contribution in [-0.4, -0.2) is 21.4 Å². The second-order valence-electron chi connectivity index (χ2n) is 6.44. The van der Waals surface area contributed by atoms with Gasteiger partial charge in [-0.25, -0.2) is 0 Å². The van der Waals surface area contributed by atoms with Gasteiger partial charge in [0.25, 0.3) is 0 Å². The van der Waals surface area contributed by atoms with Crippen molar-refractivity contribution >= 4 is 10.9 Å². The largest absolute Gasteiger partial charge is 0.357 e. The minimum atomic E-state index is 0.0887. The summed E-state index contributed by atoms with van der Waals surface area (Å²) in [6.45, 7) is 1.79. The van der Waals surface area contributed by atoms with E-state index in [4.69, 9.17) is 0 Å². The van der Waals surface area contributed by atoms with E-state index in [1.807, 2.05) is 42.6 Å². The lowest BCUT2D eigenvalue weighted by atomic mass is 9.98. The summed E-state index contributed by atoms with van der Waals surface area (Å²) in [6.07, 6.45) is 5.40. The highest BCUT2D eigenvalue weighted by molar-refractivity contribution is 5.78. The maximum Gasteiger partial charge on any atom is 0.189 e. The van der Waals surface area contributed by atoms with Crippen molar-refractivity contribution in [2.24, 2.45) is 0 Å².